The van der Waals surface area contributed by atoms with Gasteiger partial charge in [0.15, 0.2) is 0 Å². The highest BCUT2D eigenvalue weighted by Crippen LogP contribution is 2.21. The van der Waals surface area contributed by atoms with Crippen LogP contribution in [0.25, 0.3) is 0 Å². The number of nitrogens with zero attached hydrogens (tertiary/aromatic N) is 2. The van der Waals surface area contributed by atoms with Crippen LogP contribution in [-0.2, 0) is 10.0 Å². The van der Waals surface area contributed by atoms with Crippen LogP contribution in [-0.4, -0.2) is 64.1 Å². The van der Waals surface area contributed by atoms with Gasteiger partial charge in [0.1, 0.15) is 24.7 Å². The summed E-state index contributed by atoms with van der Waals surface area (Å²) in [6, 6.07) is 12.5. The molecule has 0 aromatic heterocycles. The minimum absolute atomic E-state index is 0.0435. The van der Waals surface area contributed by atoms with Gasteiger partial charge in [-0.05, 0) is 30.3 Å². The summed E-state index contributed by atoms with van der Waals surface area (Å²) in [6.45, 7) is 3.32. The van der Waals surface area contributed by atoms with Crippen LogP contribution in [0.4, 0.5) is 5.69 Å². The number of non-ortho nitro benzene ring substituents is 1. The van der Waals surface area contributed by atoms with Gasteiger partial charge in [0.2, 0.25) is 10.0 Å². The third kappa shape index (κ3) is 5.22. The van der Waals surface area contributed by atoms with Crippen molar-refractivity contribution in [3.8, 4) is 11.5 Å². The number of sulfonamides is 1. The van der Waals surface area contributed by atoms with Crippen molar-refractivity contribution in [1.82, 2.24) is 4.31 Å². The highest BCUT2D eigenvalue weighted by molar-refractivity contribution is 7.89. The molecule has 9 nitrogen and oxygen atoms in total. The SMILES string of the molecule is COc1ccc(OCC[NH+]2CCN(S(=O)(=O)c3cccc([N+](=O)[O-])c3)CC2)cc1. The van der Waals surface area contributed by atoms with E-state index in [0.717, 1.165) is 24.1 Å². The number of nitro groups is 1. The zero-order chi connectivity index (χ0) is 20.9. The third-order valence-corrected chi connectivity index (χ3v) is 6.77. The fraction of sp³-hybridized carbons (Fsp3) is 0.368. The lowest BCUT2D eigenvalue weighted by molar-refractivity contribution is -0.903. The Labute approximate surface area is 169 Å². The van der Waals surface area contributed by atoms with Gasteiger partial charge in [0, 0.05) is 12.1 Å². The molecule has 1 fully saturated rings. The normalized spacial score (nSPS) is 15.8. The van der Waals surface area contributed by atoms with Gasteiger partial charge in [-0.1, -0.05) is 6.07 Å². The molecule has 1 heterocycles. The van der Waals surface area contributed by atoms with Crippen LogP contribution in [0.2, 0.25) is 0 Å². The molecule has 0 spiro atoms. The molecule has 156 valence electrons. The molecule has 0 unspecified atom stereocenters. The highest BCUT2D eigenvalue weighted by Gasteiger charge is 2.31. The summed E-state index contributed by atoms with van der Waals surface area (Å²) in [5.74, 6) is 1.53. The van der Waals surface area contributed by atoms with Gasteiger partial charge in [0.05, 0.1) is 43.1 Å². The summed E-state index contributed by atoms with van der Waals surface area (Å²) in [7, 11) is -2.13. The summed E-state index contributed by atoms with van der Waals surface area (Å²) >= 11 is 0. The van der Waals surface area contributed by atoms with Gasteiger partial charge < -0.3 is 14.4 Å². The number of quaternary nitrogens is 1. The molecular weight excluding hydrogens is 398 g/mol. The van der Waals surface area contributed by atoms with Crippen molar-refractivity contribution in [3.63, 3.8) is 0 Å². The van der Waals surface area contributed by atoms with E-state index in [1.807, 2.05) is 24.3 Å². The van der Waals surface area contributed by atoms with Crippen molar-refractivity contribution < 1.29 is 27.7 Å². The van der Waals surface area contributed by atoms with Crippen molar-refractivity contribution in [2.45, 2.75) is 4.90 Å². The number of piperazine rings is 1. The smallest absolute Gasteiger partial charge is 0.270 e. The van der Waals surface area contributed by atoms with Crippen LogP contribution in [0.15, 0.2) is 53.4 Å². The maximum atomic E-state index is 12.8. The summed E-state index contributed by atoms with van der Waals surface area (Å²) in [5, 5.41) is 10.9. The number of ether oxygens (including phenoxy) is 2. The Hall–Kier alpha value is -2.69. The number of rotatable bonds is 8. The lowest BCUT2D eigenvalue weighted by Gasteiger charge is -2.31. The maximum absolute atomic E-state index is 12.8. The number of nitro benzene ring substituents is 1. The summed E-state index contributed by atoms with van der Waals surface area (Å²) in [6.07, 6.45) is 0. The molecule has 0 saturated carbocycles. The van der Waals surface area contributed by atoms with Crippen LogP contribution < -0.4 is 14.4 Å². The topological polar surface area (TPSA) is 103 Å². The van der Waals surface area contributed by atoms with Gasteiger partial charge in [0.25, 0.3) is 5.69 Å². The van der Waals surface area contributed by atoms with E-state index in [4.69, 9.17) is 9.47 Å². The average Bonchev–Trinajstić information content (AvgIpc) is 2.74. The van der Waals surface area contributed by atoms with E-state index in [2.05, 4.69) is 0 Å². The molecule has 1 aliphatic rings. The quantitative estimate of drug-likeness (QED) is 0.493. The lowest BCUT2D eigenvalue weighted by Crippen LogP contribution is -3.15. The number of hydrogen-bond acceptors (Lipinski definition) is 6. The molecule has 10 heteroatoms. The van der Waals surface area contributed by atoms with Gasteiger partial charge >= 0.3 is 0 Å². The minimum atomic E-state index is -3.74. The largest absolute Gasteiger partial charge is 0.497 e. The van der Waals surface area contributed by atoms with E-state index >= 15 is 0 Å². The van der Waals surface area contributed by atoms with Gasteiger partial charge in [-0.2, -0.15) is 4.31 Å². The second-order valence-electron chi connectivity index (χ2n) is 6.68. The molecule has 0 radical (unpaired) electrons. The first-order valence-corrected chi connectivity index (χ1v) is 10.7. The summed E-state index contributed by atoms with van der Waals surface area (Å²) in [5.41, 5.74) is -0.231. The Morgan fingerprint density at radius 1 is 1.10 bits per heavy atom. The van der Waals surface area contributed by atoms with Crippen molar-refractivity contribution in [3.05, 3.63) is 58.6 Å². The molecule has 0 bridgehead atoms. The van der Waals surface area contributed by atoms with E-state index in [1.54, 1.807) is 7.11 Å². The van der Waals surface area contributed by atoms with Crippen LogP contribution in [0.3, 0.4) is 0 Å². The van der Waals surface area contributed by atoms with Gasteiger partial charge in [-0.15, -0.1) is 0 Å². The molecule has 1 N–H and O–H groups in total. The Bertz CT molecular complexity index is 941. The lowest BCUT2D eigenvalue weighted by atomic mass is 10.3. The molecule has 2 aromatic rings. The summed E-state index contributed by atoms with van der Waals surface area (Å²) < 4.78 is 37.8. The fourth-order valence-electron chi connectivity index (χ4n) is 3.18. The first kappa shape index (κ1) is 21.0. The van der Waals surface area contributed by atoms with Crippen LogP contribution in [0.1, 0.15) is 0 Å². The van der Waals surface area contributed by atoms with E-state index < -0.39 is 14.9 Å². The van der Waals surface area contributed by atoms with E-state index in [9.17, 15) is 18.5 Å². The molecule has 2 aromatic carbocycles. The monoisotopic (exact) mass is 422 g/mol. The Morgan fingerprint density at radius 3 is 2.38 bits per heavy atom. The van der Waals surface area contributed by atoms with Crippen LogP contribution in [0.5, 0.6) is 11.5 Å². The predicted molar refractivity (Wildman–Crippen MR) is 106 cm³/mol. The second-order valence-corrected chi connectivity index (χ2v) is 8.62. The zero-order valence-electron chi connectivity index (χ0n) is 16.1. The Balaban J connectivity index is 1.50. The number of benzene rings is 2. The van der Waals surface area contributed by atoms with Crippen LogP contribution >= 0.6 is 0 Å². The van der Waals surface area contributed by atoms with Crippen molar-refractivity contribution >= 4 is 15.7 Å². The third-order valence-electron chi connectivity index (χ3n) is 4.88. The molecule has 0 amide bonds. The Kier molecular flexibility index (Phi) is 6.68. The van der Waals surface area contributed by atoms with Crippen molar-refractivity contribution in [2.75, 3.05) is 46.4 Å². The molecule has 29 heavy (non-hydrogen) atoms. The second kappa shape index (κ2) is 9.21. The van der Waals surface area contributed by atoms with Crippen LogP contribution in [0, 0.1) is 10.1 Å². The molecule has 3 rings (SSSR count). The first-order chi connectivity index (χ1) is 13.9. The molecule has 0 aliphatic carbocycles. The maximum Gasteiger partial charge on any atom is 0.270 e. The molecule has 1 aliphatic heterocycles. The van der Waals surface area contributed by atoms with E-state index in [1.165, 1.54) is 27.4 Å². The standard InChI is InChI=1S/C19H23N3O6S/c1-27-17-5-7-18(8-6-17)28-14-13-20-9-11-21(12-10-20)29(25,26)19-4-2-3-16(15-19)22(23)24/h2-8,15H,9-14H2,1H3/p+1. The summed E-state index contributed by atoms with van der Waals surface area (Å²) in [4.78, 5) is 11.5. The van der Waals surface area contributed by atoms with E-state index in [-0.39, 0.29) is 10.6 Å². The molecule has 1 saturated heterocycles. The first-order valence-electron chi connectivity index (χ1n) is 9.25. The zero-order valence-corrected chi connectivity index (χ0v) is 16.9. The molecule has 0 atom stereocenters. The molecular formula is C19H24N3O6S+. The predicted octanol–water partition coefficient (Wildman–Crippen LogP) is 0.572. The van der Waals surface area contributed by atoms with Crippen molar-refractivity contribution in [1.29, 1.82) is 0 Å². The van der Waals surface area contributed by atoms with Crippen molar-refractivity contribution in [2.24, 2.45) is 0 Å². The number of methoxy groups -OCH3 is 1. The Morgan fingerprint density at radius 2 is 1.76 bits per heavy atom. The van der Waals surface area contributed by atoms with Gasteiger partial charge in [-0.25, -0.2) is 8.42 Å². The van der Waals surface area contributed by atoms with Gasteiger partial charge in [-0.3, -0.25) is 10.1 Å². The number of hydrogen-bond donors (Lipinski definition) is 1. The number of nitrogens with one attached hydrogen (secondary N) is 1. The van der Waals surface area contributed by atoms with E-state index in [0.29, 0.717) is 32.8 Å². The fourth-order valence-corrected chi connectivity index (χ4v) is 4.67. The average molecular weight is 422 g/mol. The highest BCUT2D eigenvalue weighted by atomic mass is 32.2. The minimum Gasteiger partial charge on any atom is -0.497 e.